The number of fused-ring (bicyclic) bond motifs is 1. The number of hydrogen-bond donors (Lipinski definition) is 1. The maximum absolute atomic E-state index is 5.58. The molecule has 30 heavy (non-hydrogen) atoms. The van der Waals surface area contributed by atoms with E-state index in [1.807, 2.05) is 40.4 Å². The van der Waals surface area contributed by atoms with E-state index < -0.39 is 0 Å². The third kappa shape index (κ3) is 3.29. The number of hydrogen-bond acceptors (Lipinski definition) is 7. The Bertz CT molecular complexity index is 1240. The number of rotatable bonds is 5. The fourth-order valence-corrected chi connectivity index (χ4v) is 3.56. The first-order chi connectivity index (χ1) is 14.7. The van der Waals surface area contributed by atoms with E-state index in [1.54, 1.807) is 19.6 Å². The van der Waals surface area contributed by atoms with Crippen molar-refractivity contribution < 1.29 is 9.47 Å². The van der Waals surface area contributed by atoms with Crippen molar-refractivity contribution in [2.24, 2.45) is 7.05 Å². The second kappa shape index (κ2) is 7.60. The summed E-state index contributed by atoms with van der Waals surface area (Å²) in [6.07, 6.45) is 6.45. The molecule has 0 bridgehead atoms. The summed E-state index contributed by atoms with van der Waals surface area (Å²) in [6, 6.07) is 9.89. The van der Waals surface area contributed by atoms with Crippen LogP contribution in [0.2, 0.25) is 0 Å². The molecule has 1 N–H and O–H groups in total. The van der Waals surface area contributed by atoms with Crippen molar-refractivity contribution in [1.29, 1.82) is 0 Å². The summed E-state index contributed by atoms with van der Waals surface area (Å²) >= 11 is 0. The Labute approximate surface area is 173 Å². The van der Waals surface area contributed by atoms with Gasteiger partial charge < -0.3 is 19.4 Å². The van der Waals surface area contributed by atoms with Crippen LogP contribution in [-0.2, 0) is 11.8 Å². The molecule has 0 radical (unpaired) electrons. The monoisotopic (exact) mass is 403 g/mol. The van der Waals surface area contributed by atoms with Crippen molar-refractivity contribution in [3.63, 3.8) is 0 Å². The van der Waals surface area contributed by atoms with Gasteiger partial charge in [-0.15, -0.1) is 15.3 Å². The van der Waals surface area contributed by atoms with Crippen LogP contribution >= 0.6 is 0 Å². The highest BCUT2D eigenvalue weighted by molar-refractivity contribution is 5.71. The molecule has 4 aromatic rings. The van der Waals surface area contributed by atoms with E-state index in [0.717, 1.165) is 41.3 Å². The van der Waals surface area contributed by atoms with Crippen LogP contribution in [0.4, 0.5) is 11.6 Å². The first-order valence-corrected chi connectivity index (χ1v) is 9.64. The lowest BCUT2D eigenvalue weighted by Crippen LogP contribution is -2.08. The van der Waals surface area contributed by atoms with Crippen LogP contribution in [0.15, 0.2) is 48.9 Å². The predicted molar refractivity (Wildman–Crippen MR) is 113 cm³/mol. The topological polar surface area (TPSA) is 91.4 Å². The number of ether oxygens (including phenoxy) is 2. The SMILES string of the molecule is COc1cc(-c2nncn2C)ccc1Nc1ncc2ccc(C3=CCOCC3)n2n1. The van der Waals surface area contributed by atoms with Gasteiger partial charge in [-0.3, -0.25) is 0 Å². The molecule has 0 atom stereocenters. The number of benzene rings is 1. The Balaban J connectivity index is 1.48. The van der Waals surface area contributed by atoms with Crippen molar-refractivity contribution in [1.82, 2.24) is 29.4 Å². The van der Waals surface area contributed by atoms with Gasteiger partial charge in [0.05, 0.1) is 43.4 Å². The van der Waals surface area contributed by atoms with Gasteiger partial charge in [0.15, 0.2) is 5.82 Å². The number of aromatic nitrogens is 6. The lowest BCUT2D eigenvalue weighted by Gasteiger charge is -2.14. The van der Waals surface area contributed by atoms with E-state index in [1.165, 1.54) is 5.57 Å². The Morgan fingerprint density at radius 2 is 2.13 bits per heavy atom. The minimum atomic E-state index is 0.484. The molecule has 0 saturated heterocycles. The summed E-state index contributed by atoms with van der Waals surface area (Å²) < 4.78 is 14.8. The lowest BCUT2D eigenvalue weighted by atomic mass is 10.1. The predicted octanol–water partition coefficient (Wildman–Crippen LogP) is 3.08. The highest BCUT2D eigenvalue weighted by atomic mass is 16.5. The third-order valence-corrected chi connectivity index (χ3v) is 5.11. The molecule has 0 spiro atoms. The summed E-state index contributed by atoms with van der Waals surface area (Å²) in [5, 5.41) is 16.1. The Hall–Kier alpha value is -3.72. The number of anilines is 2. The molecule has 1 aliphatic heterocycles. The van der Waals surface area contributed by atoms with Crippen LogP contribution in [0.1, 0.15) is 12.1 Å². The molecule has 5 rings (SSSR count). The largest absolute Gasteiger partial charge is 0.495 e. The average molecular weight is 403 g/mol. The first kappa shape index (κ1) is 18.3. The van der Waals surface area contributed by atoms with Gasteiger partial charge in [0.25, 0.3) is 0 Å². The quantitative estimate of drug-likeness (QED) is 0.547. The van der Waals surface area contributed by atoms with Crippen molar-refractivity contribution >= 4 is 22.7 Å². The second-order valence-corrected chi connectivity index (χ2v) is 7.00. The van der Waals surface area contributed by atoms with E-state index in [0.29, 0.717) is 18.3 Å². The molecule has 3 aromatic heterocycles. The van der Waals surface area contributed by atoms with Gasteiger partial charge in [-0.25, -0.2) is 9.50 Å². The molecule has 0 amide bonds. The van der Waals surface area contributed by atoms with Gasteiger partial charge in [0.2, 0.25) is 5.95 Å². The number of aryl methyl sites for hydroxylation is 1. The highest BCUT2D eigenvalue weighted by Gasteiger charge is 2.14. The fraction of sp³-hybridized carbons (Fsp3) is 0.238. The summed E-state index contributed by atoms with van der Waals surface area (Å²) in [5.74, 6) is 1.91. The van der Waals surface area contributed by atoms with Crippen molar-refractivity contribution in [2.45, 2.75) is 6.42 Å². The summed E-state index contributed by atoms with van der Waals surface area (Å²) in [5.41, 5.74) is 4.90. The van der Waals surface area contributed by atoms with E-state index in [-0.39, 0.29) is 0 Å². The highest BCUT2D eigenvalue weighted by Crippen LogP contribution is 2.31. The molecule has 0 unspecified atom stereocenters. The minimum absolute atomic E-state index is 0.484. The number of methoxy groups -OCH3 is 1. The van der Waals surface area contributed by atoms with E-state index >= 15 is 0 Å². The number of nitrogens with zero attached hydrogens (tertiary/aromatic N) is 6. The molecule has 9 heteroatoms. The standard InChI is InChI=1S/C21H21N7O2/c1-27-13-23-25-20(27)15-3-5-17(19(11-15)29-2)24-21-22-12-16-4-6-18(28(16)26-21)14-7-9-30-10-8-14/h3-7,11-13H,8-10H2,1-2H3,(H,24,26). The van der Waals surface area contributed by atoms with E-state index in [2.05, 4.69) is 32.6 Å². The zero-order valence-corrected chi connectivity index (χ0v) is 16.7. The lowest BCUT2D eigenvalue weighted by molar-refractivity contribution is 0.161. The van der Waals surface area contributed by atoms with Gasteiger partial charge in [-0.2, -0.15) is 0 Å². The Kier molecular flexibility index (Phi) is 4.64. The van der Waals surface area contributed by atoms with Gasteiger partial charge in [-0.05, 0) is 42.3 Å². The smallest absolute Gasteiger partial charge is 0.245 e. The maximum Gasteiger partial charge on any atom is 0.245 e. The van der Waals surface area contributed by atoms with Gasteiger partial charge in [0.1, 0.15) is 12.1 Å². The van der Waals surface area contributed by atoms with Crippen LogP contribution < -0.4 is 10.1 Å². The Morgan fingerprint density at radius 1 is 1.20 bits per heavy atom. The van der Waals surface area contributed by atoms with Gasteiger partial charge in [-0.1, -0.05) is 6.08 Å². The summed E-state index contributed by atoms with van der Waals surface area (Å²) in [4.78, 5) is 4.45. The van der Waals surface area contributed by atoms with Crippen LogP contribution in [0.5, 0.6) is 5.75 Å². The minimum Gasteiger partial charge on any atom is -0.495 e. The molecule has 1 aliphatic rings. The first-order valence-electron chi connectivity index (χ1n) is 9.64. The zero-order chi connectivity index (χ0) is 20.5. The molecular formula is C21H21N7O2. The molecule has 1 aromatic carbocycles. The zero-order valence-electron chi connectivity index (χ0n) is 16.7. The molecule has 0 fully saturated rings. The molecule has 0 saturated carbocycles. The summed E-state index contributed by atoms with van der Waals surface area (Å²) in [6.45, 7) is 1.36. The van der Waals surface area contributed by atoms with Crippen molar-refractivity contribution in [3.05, 3.63) is 54.6 Å². The van der Waals surface area contributed by atoms with Gasteiger partial charge >= 0.3 is 0 Å². The van der Waals surface area contributed by atoms with Crippen LogP contribution in [0, 0.1) is 0 Å². The third-order valence-electron chi connectivity index (χ3n) is 5.11. The average Bonchev–Trinajstić information content (AvgIpc) is 3.40. The Morgan fingerprint density at radius 3 is 2.90 bits per heavy atom. The molecule has 4 heterocycles. The van der Waals surface area contributed by atoms with E-state index in [4.69, 9.17) is 14.6 Å². The van der Waals surface area contributed by atoms with E-state index in [9.17, 15) is 0 Å². The van der Waals surface area contributed by atoms with Crippen LogP contribution in [0.25, 0.3) is 22.5 Å². The normalized spacial score (nSPS) is 14.0. The van der Waals surface area contributed by atoms with Crippen molar-refractivity contribution in [2.75, 3.05) is 25.6 Å². The molecule has 9 nitrogen and oxygen atoms in total. The maximum atomic E-state index is 5.58. The number of nitrogens with one attached hydrogen (secondary N) is 1. The van der Waals surface area contributed by atoms with Crippen LogP contribution in [-0.4, -0.2) is 49.7 Å². The molecule has 0 aliphatic carbocycles. The summed E-state index contributed by atoms with van der Waals surface area (Å²) in [7, 11) is 3.53. The van der Waals surface area contributed by atoms with Crippen molar-refractivity contribution in [3.8, 4) is 17.1 Å². The molecular weight excluding hydrogens is 382 g/mol. The van der Waals surface area contributed by atoms with Gasteiger partial charge in [0, 0.05) is 12.6 Å². The van der Waals surface area contributed by atoms with Crippen LogP contribution in [0.3, 0.4) is 0 Å². The molecule has 152 valence electrons. The fourth-order valence-electron chi connectivity index (χ4n) is 3.56. The second-order valence-electron chi connectivity index (χ2n) is 7.00.